The van der Waals surface area contributed by atoms with Gasteiger partial charge in [0.1, 0.15) is 11.6 Å². The van der Waals surface area contributed by atoms with Crippen LogP contribution in [0.25, 0.3) is 99.8 Å². The van der Waals surface area contributed by atoms with Gasteiger partial charge in [0.15, 0.2) is 0 Å². The zero-order valence-electron chi connectivity index (χ0n) is 31.1. The van der Waals surface area contributed by atoms with Crippen LogP contribution in [0.3, 0.4) is 0 Å². The van der Waals surface area contributed by atoms with E-state index >= 15 is 0 Å². The molecule has 0 spiro atoms. The monoisotopic (exact) mass is 759 g/mol. The molecule has 58 heavy (non-hydrogen) atoms. The van der Waals surface area contributed by atoms with Crippen molar-refractivity contribution in [3.63, 3.8) is 0 Å². The highest BCUT2D eigenvalue weighted by atomic mass is 19.4. The van der Waals surface area contributed by atoms with Gasteiger partial charge in [-0.3, -0.25) is 9.13 Å². The molecule has 0 saturated heterocycles. The molecule has 0 bridgehead atoms. The van der Waals surface area contributed by atoms with Crippen LogP contribution in [0.5, 0.6) is 0 Å². The fraction of sp³-hybridized carbons (Fsp3) is 0.0400. The number of aryl methyl sites for hydroxylation is 1. The highest BCUT2D eigenvalue weighted by Gasteiger charge is 2.35. The third-order valence-electron chi connectivity index (χ3n) is 11.2. The molecule has 1 N–H and O–H groups in total. The summed E-state index contributed by atoms with van der Waals surface area (Å²) in [6.07, 6.45) is -2.89. The summed E-state index contributed by atoms with van der Waals surface area (Å²) in [6, 6.07) is 52.7. The maximum atomic E-state index is 14.9. The van der Waals surface area contributed by atoms with Crippen molar-refractivity contribution < 1.29 is 13.2 Å². The van der Waals surface area contributed by atoms with Gasteiger partial charge in [-0.2, -0.15) is 13.2 Å². The second kappa shape index (κ2) is 12.8. The molecule has 0 radical (unpaired) electrons. The predicted octanol–water partition coefficient (Wildman–Crippen LogP) is 13.5. The Labute approximate surface area is 330 Å². The fourth-order valence-electron chi connectivity index (χ4n) is 8.62. The number of fused-ring (bicyclic) bond motifs is 7. The molecule has 7 aromatic carbocycles. The Balaban J connectivity index is 1.19. The zero-order valence-corrected chi connectivity index (χ0v) is 31.1. The number of benzene rings is 7. The maximum Gasteiger partial charge on any atom is 0.417 e. The van der Waals surface area contributed by atoms with Gasteiger partial charge in [-0.05, 0) is 89.8 Å². The lowest BCUT2D eigenvalue weighted by Gasteiger charge is -2.15. The molecule has 11 rings (SSSR count). The summed E-state index contributed by atoms with van der Waals surface area (Å²) >= 11 is 0. The predicted molar refractivity (Wildman–Crippen MR) is 229 cm³/mol. The lowest BCUT2D eigenvalue weighted by molar-refractivity contribution is -0.137. The Bertz CT molecular complexity index is 3390. The van der Waals surface area contributed by atoms with E-state index < -0.39 is 11.7 Å². The maximum absolute atomic E-state index is 14.9. The Hall–Kier alpha value is -7.45. The molecule has 0 fully saturated rings. The number of rotatable bonds is 5. The summed E-state index contributed by atoms with van der Waals surface area (Å²) in [5.41, 5.74) is 9.55. The van der Waals surface area contributed by atoms with Crippen LogP contribution in [0, 0.1) is 6.92 Å². The van der Waals surface area contributed by atoms with Gasteiger partial charge in [0, 0.05) is 50.1 Å². The van der Waals surface area contributed by atoms with Crippen LogP contribution >= 0.6 is 0 Å². The third kappa shape index (κ3) is 5.25. The number of alkyl halides is 3. The molecule has 0 aliphatic rings. The van der Waals surface area contributed by atoms with E-state index in [1.807, 2.05) is 66.1 Å². The van der Waals surface area contributed by atoms with Crippen LogP contribution in [0.4, 0.5) is 13.2 Å². The van der Waals surface area contributed by atoms with E-state index in [4.69, 9.17) is 9.97 Å². The minimum absolute atomic E-state index is 0.134. The molecule has 0 aliphatic heterocycles. The highest BCUT2D eigenvalue weighted by molar-refractivity contribution is 6.14. The lowest BCUT2D eigenvalue weighted by atomic mass is 9.96. The molecule has 4 aromatic heterocycles. The summed E-state index contributed by atoms with van der Waals surface area (Å²) in [5.74, 6) is 1.33. The lowest BCUT2D eigenvalue weighted by Crippen LogP contribution is -2.08. The number of pyridine rings is 1. The van der Waals surface area contributed by atoms with Crippen molar-refractivity contribution in [1.29, 1.82) is 0 Å². The summed E-state index contributed by atoms with van der Waals surface area (Å²) in [5, 5.41) is 3.79. The molecule has 5 nitrogen and oxygen atoms in total. The molecule has 278 valence electrons. The van der Waals surface area contributed by atoms with E-state index in [9.17, 15) is 13.2 Å². The van der Waals surface area contributed by atoms with Crippen molar-refractivity contribution in [2.24, 2.45) is 0 Å². The number of nitrogens with one attached hydrogen (secondary N) is 1. The quantitative estimate of drug-likeness (QED) is 0.190. The first-order chi connectivity index (χ1) is 28.3. The van der Waals surface area contributed by atoms with Crippen LogP contribution in [0.1, 0.15) is 11.1 Å². The van der Waals surface area contributed by atoms with Crippen LogP contribution in [0.15, 0.2) is 170 Å². The number of imidazole rings is 1. The minimum atomic E-state index is -4.59. The normalized spacial score (nSPS) is 12.1. The second-order valence-electron chi connectivity index (χ2n) is 14.7. The molecule has 0 aliphatic carbocycles. The highest BCUT2D eigenvalue weighted by Crippen LogP contribution is 2.44. The number of nitrogens with zero attached hydrogens (tertiary/aromatic N) is 4. The van der Waals surface area contributed by atoms with E-state index in [-0.39, 0.29) is 5.56 Å². The van der Waals surface area contributed by atoms with Gasteiger partial charge < -0.3 is 4.98 Å². The van der Waals surface area contributed by atoms with Crippen molar-refractivity contribution in [2.45, 2.75) is 13.1 Å². The van der Waals surface area contributed by atoms with E-state index in [0.29, 0.717) is 22.3 Å². The van der Waals surface area contributed by atoms with Crippen molar-refractivity contribution in [2.75, 3.05) is 0 Å². The average molecular weight is 760 g/mol. The number of hydrogen-bond acceptors (Lipinski definition) is 2. The molecule has 0 unspecified atom stereocenters. The smallest absolute Gasteiger partial charge is 0.354 e. The minimum Gasteiger partial charge on any atom is -0.354 e. The summed E-state index contributed by atoms with van der Waals surface area (Å²) in [7, 11) is 0. The molecule has 11 aromatic rings. The number of aromatic amines is 1. The standard InChI is InChI=1S/C50H32F3N5/c1-30-24-25-54-46(26-30)58-44-27-32(22-23-36(44)40-28-39(31-12-4-2-5-13-31)41(29-45(40)58)50(51,52)53)34-17-11-21-43-48(34)56-49(57(43)33-14-6-3-7-15-33)38-19-10-18-37-35-16-8-9-20-42(35)55-47(37)38/h2-29,55H,1H3. The number of aromatic nitrogens is 5. The zero-order chi connectivity index (χ0) is 39.1. The Morgan fingerprint density at radius 3 is 2.07 bits per heavy atom. The van der Waals surface area contributed by atoms with Gasteiger partial charge in [-0.1, -0.05) is 103 Å². The van der Waals surface area contributed by atoms with Gasteiger partial charge >= 0.3 is 6.18 Å². The topological polar surface area (TPSA) is 51.4 Å². The van der Waals surface area contributed by atoms with E-state index in [1.54, 1.807) is 42.6 Å². The second-order valence-corrected chi connectivity index (χ2v) is 14.7. The van der Waals surface area contributed by atoms with Crippen molar-refractivity contribution >= 4 is 54.6 Å². The van der Waals surface area contributed by atoms with Crippen molar-refractivity contribution in [3.8, 4) is 45.1 Å². The number of H-pyrrole nitrogens is 1. The number of halogens is 3. The first-order valence-corrected chi connectivity index (χ1v) is 19.1. The molecule has 8 heteroatoms. The molecular formula is C50H32F3N5. The van der Waals surface area contributed by atoms with E-state index in [1.165, 1.54) is 6.07 Å². The van der Waals surface area contributed by atoms with Gasteiger partial charge in [0.05, 0.1) is 33.1 Å². The van der Waals surface area contributed by atoms with Crippen LogP contribution < -0.4 is 0 Å². The van der Waals surface area contributed by atoms with E-state index in [0.717, 1.165) is 77.5 Å². The number of hydrogen-bond donors (Lipinski definition) is 1. The average Bonchev–Trinajstić information content (AvgIpc) is 3.93. The fourth-order valence-corrected chi connectivity index (χ4v) is 8.62. The summed E-state index contributed by atoms with van der Waals surface area (Å²) in [6.45, 7) is 1.96. The van der Waals surface area contributed by atoms with Gasteiger partial charge in [0.25, 0.3) is 0 Å². The first-order valence-electron chi connectivity index (χ1n) is 19.1. The van der Waals surface area contributed by atoms with Crippen LogP contribution in [-0.4, -0.2) is 24.1 Å². The molecule has 4 heterocycles. The largest absolute Gasteiger partial charge is 0.417 e. The Morgan fingerprint density at radius 1 is 0.534 bits per heavy atom. The number of para-hydroxylation sites is 4. The summed E-state index contributed by atoms with van der Waals surface area (Å²) in [4.78, 5) is 13.8. The molecule has 0 saturated carbocycles. The summed E-state index contributed by atoms with van der Waals surface area (Å²) < 4.78 is 48.9. The van der Waals surface area contributed by atoms with Gasteiger partial charge in [-0.15, -0.1) is 0 Å². The first kappa shape index (κ1) is 33.9. The molecular weight excluding hydrogens is 728 g/mol. The van der Waals surface area contributed by atoms with Gasteiger partial charge in [-0.25, -0.2) is 9.97 Å². The van der Waals surface area contributed by atoms with Gasteiger partial charge in [0.2, 0.25) is 0 Å². The van der Waals surface area contributed by atoms with Crippen molar-refractivity contribution in [1.82, 2.24) is 24.1 Å². The van der Waals surface area contributed by atoms with E-state index in [2.05, 4.69) is 76.3 Å². The Kier molecular flexibility index (Phi) is 7.47. The Morgan fingerprint density at radius 2 is 1.26 bits per heavy atom. The van der Waals surface area contributed by atoms with Crippen molar-refractivity contribution in [3.05, 3.63) is 181 Å². The molecule has 0 amide bonds. The molecule has 0 atom stereocenters. The van der Waals surface area contributed by atoms with Crippen LogP contribution in [-0.2, 0) is 6.18 Å². The van der Waals surface area contributed by atoms with Crippen LogP contribution in [0.2, 0.25) is 0 Å². The third-order valence-corrected chi connectivity index (χ3v) is 11.2. The SMILES string of the molecule is Cc1ccnc(-n2c3cc(-c4cccc5c4nc(-c4cccc6c4[nH]c4ccccc46)n5-c4ccccc4)ccc3c3cc(-c4ccccc4)c(C(F)(F)F)cc32)c1.